The van der Waals surface area contributed by atoms with Crippen LogP contribution in [0.3, 0.4) is 0 Å². The number of halogens is 2. The first-order chi connectivity index (χ1) is 8.99. The van der Waals surface area contributed by atoms with Crippen LogP contribution in [0.15, 0.2) is 24.3 Å². The molecule has 0 heterocycles. The Bertz CT molecular complexity index is 411. The van der Waals surface area contributed by atoms with Gasteiger partial charge in [0.1, 0.15) is 5.75 Å². The maximum atomic E-state index is 12.2. The smallest absolute Gasteiger partial charge is 0.387 e. The summed E-state index contributed by atoms with van der Waals surface area (Å²) in [5.41, 5.74) is 0.248. The summed E-state index contributed by atoms with van der Waals surface area (Å²) >= 11 is 0. The van der Waals surface area contributed by atoms with Crippen LogP contribution in [-0.4, -0.2) is 25.1 Å². The minimum absolute atomic E-state index is 0.0392. The van der Waals surface area contributed by atoms with E-state index in [1.54, 1.807) is 12.1 Å². The zero-order chi connectivity index (χ0) is 14.3. The van der Waals surface area contributed by atoms with Crippen LogP contribution in [-0.2, 0) is 4.79 Å². The third-order valence-corrected chi connectivity index (χ3v) is 2.28. The average Bonchev–Trinajstić information content (AvgIpc) is 2.30. The monoisotopic (exact) mass is 272 g/mol. The van der Waals surface area contributed by atoms with E-state index in [1.165, 1.54) is 12.1 Å². The van der Waals surface area contributed by atoms with E-state index in [0.29, 0.717) is 12.6 Å². The van der Waals surface area contributed by atoms with Gasteiger partial charge >= 0.3 is 6.61 Å². The second kappa shape index (κ2) is 7.68. The Morgan fingerprint density at radius 2 is 2.00 bits per heavy atom. The molecular weight excluding hydrogens is 254 g/mol. The standard InChI is InChI=1S/C13H18F2N2O2/c1-9(2)16-8-7-12(18)17-10-5-3-4-6-11(10)19-13(14)15/h3-6,9,13,16H,7-8H2,1-2H3,(H,17,18). The lowest BCUT2D eigenvalue weighted by molar-refractivity contribution is -0.116. The molecule has 0 bridgehead atoms. The third kappa shape index (κ3) is 6.15. The molecular formula is C13H18F2N2O2. The summed E-state index contributed by atoms with van der Waals surface area (Å²) in [5.74, 6) is -0.291. The number of carbonyl (C=O) groups is 1. The zero-order valence-electron chi connectivity index (χ0n) is 11.0. The summed E-state index contributed by atoms with van der Waals surface area (Å²) in [6.07, 6.45) is 0.265. The molecule has 0 aliphatic carbocycles. The van der Waals surface area contributed by atoms with E-state index in [1.807, 2.05) is 13.8 Å². The molecule has 0 spiro atoms. The van der Waals surface area contributed by atoms with Crippen molar-refractivity contribution >= 4 is 11.6 Å². The highest BCUT2D eigenvalue weighted by Crippen LogP contribution is 2.25. The highest BCUT2D eigenvalue weighted by atomic mass is 19.3. The van der Waals surface area contributed by atoms with Crippen LogP contribution in [0, 0.1) is 0 Å². The van der Waals surface area contributed by atoms with Crippen LogP contribution in [0.1, 0.15) is 20.3 Å². The van der Waals surface area contributed by atoms with Crippen molar-refractivity contribution < 1.29 is 18.3 Å². The van der Waals surface area contributed by atoms with Crippen LogP contribution in [0.4, 0.5) is 14.5 Å². The zero-order valence-corrected chi connectivity index (χ0v) is 11.0. The van der Waals surface area contributed by atoms with Crippen LogP contribution in [0.25, 0.3) is 0 Å². The first-order valence-corrected chi connectivity index (χ1v) is 6.06. The van der Waals surface area contributed by atoms with Gasteiger partial charge in [-0.25, -0.2) is 0 Å². The molecule has 19 heavy (non-hydrogen) atoms. The number of alkyl halides is 2. The van der Waals surface area contributed by atoms with Crippen molar-refractivity contribution in [3.05, 3.63) is 24.3 Å². The van der Waals surface area contributed by atoms with Crippen molar-refractivity contribution in [3.8, 4) is 5.75 Å². The van der Waals surface area contributed by atoms with Crippen molar-refractivity contribution in [2.24, 2.45) is 0 Å². The van der Waals surface area contributed by atoms with Gasteiger partial charge in [0.15, 0.2) is 0 Å². The van der Waals surface area contributed by atoms with Gasteiger partial charge in [-0.15, -0.1) is 0 Å². The molecule has 106 valence electrons. The van der Waals surface area contributed by atoms with Gasteiger partial charge in [0.25, 0.3) is 0 Å². The number of rotatable bonds is 7. The fourth-order valence-electron chi connectivity index (χ4n) is 1.46. The normalized spacial score (nSPS) is 10.8. The van der Waals surface area contributed by atoms with Gasteiger partial charge in [0, 0.05) is 19.0 Å². The summed E-state index contributed by atoms with van der Waals surface area (Å²) in [6, 6.07) is 6.40. The molecule has 4 nitrogen and oxygen atoms in total. The van der Waals surface area contributed by atoms with Crippen molar-refractivity contribution in [2.75, 3.05) is 11.9 Å². The van der Waals surface area contributed by atoms with E-state index < -0.39 is 6.61 Å². The van der Waals surface area contributed by atoms with E-state index in [4.69, 9.17) is 0 Å². The molecule has 6 heteroatoms. The number of hydrogen-bond donors (Lipinski definition) is 2. The molecule has 0 saturated heterocycles. The molecule has 0 fully saturated rings. The van der Waals surface area contributed by atoms with Gasteiger partial charge in [0.2, 0.25) is 5.91 Å². The van der Waals surface area contributed by atoms with Gasteiger partial charge < -0.3 is 15.4 Å². The number of para-hydroxylation sites is 2. The van der Waals surface area contributed by atoms with E-state index in [9.17, 15) is 13.6 Å². The minimum Gasteiger partial charge on any atom is -0.433 e. The number of ether oxygens (including phenoxy) is 1. The van der Waals surface area contributed by atoms with Crippen molar-refractivity contribution in [1.82, 2.24) is 5.32 Å². The predicted molar refractivity (Wildman–Crippen MR) is 69.5 cm³/mol. The topological polar surface area (TPSA) is 50.4 Å². The first-order valence-electron chi connectivity index (χ1n) is 6.06. The van der Waals surface area contributed by atoms with E-state index >= 15 is 0 Å². The lowest BCUT2D eigenvalue weighted by atomic mass is 10.2. The fraction of sp³-hybridized carbons (Fsp3) is 0.462. The molecule has 2 N–H and O–H groups in total. The summed E-state index contributed by atoms with van der Waals surface area (Å²) in [6.45, 7) is 1.56. The number of carbonyl (C=O) groups excluding carboxylic acids is 1. The van der Waals surface area contributed by atoms with Crippen molar-refractivity contribution in [2.45, 2.75) is 32.9 Å². The number of anilines is 1. The number of hydrogen-bond acceptors (Lipinski definition) is 3. The molecule has 0 aliphatic heterocycles. The SMILES string of the molecule is CC(C)NCCC(=O)Nc1ccccc1OC(F)F. The average molecular weight is 272 g/mol. The largest absolute Gasteiger partial charge is 0.433 e. The Morgan fingerprint density at radius 3 is 2.63 bits per heavy atom. The van der Waals surface area contributed by atoms with Crippen LogP contribution >= 0.6 is 0 Å². The van der Waals surface area contributed by atoms with E-state index in [-0.39, 0.29) is 23.8 Å². The predicted octanol–water partition coefficient (Wildman–Crippen LogP) is 2.61. The van der Waals surface area contributed by atoms with E-state index in [0.717, 1.165) is 0 Å². The maximum absolute atomic E-state index is 12.2. The molecule has 0 aromatic heterocycles. The Kier molecular flexibility index (Phi) is 6.21. The molecule has 0 radical (unpaired) electrons. The molecule has 1 aromatic carbocycles. The molecule has 0 atom stereocenters. The van der Waals surface area contributed by atoms with Gasteiger partial charge in [0.05, 0.1) is 5.69 Å². The fourth-order valence-corrected chi connectivity index (χ4v) is 1.46. The summed E-state index contributed by atoms with van der Waals surface area (Å²) in [5, 5.41) is 5.65. The van der Waals surface area contributed by atoms with Gasteiger partial charge in [-0.3, -0.25) is 4.79 Å². The minimum atomic E-state index is -2.92. The third-order valence-electron chi connectivity index (χ3n) is 2.28. The molecule has 1 aromatic rings. The highest BCUT2D eigenvalue weighted by molar-refractivity contribution is 5.92. The van der Waals surface area contributed by atoms with Gasteiger partial charge in [-0.05, 0) is 12.1 Å². The lowest BCUT2D eigenvalue weighted by Crippen LogP contribution is -2.27. The van der Waals surface area contributed by atoms with E-state index in [2.05, 4.69) is 15.4 Å². The molecule has 0 saturated carbocycles. The van der Waals surface area contributed by atoms with Gasteiger partial charge in [-0.2, -0.15) is 8.78 Å². The Morgan fingerprint density at radius 1 is 1.32 bits per heavy atom. The highest BCUT2D eigenvalue weighted by Gasteiger charge is 2.11. The van der Waals surface area contributed by atoms with Crippen molar-refractivity contribution in [3.63, 3.8) is 0 Å². The van der Waals surface area contributed by atoms with Gasteiger partial charge in [-0.1, -0.05) is 26.0 Å². The number of benzene rings is 1. The molecule has 1 amide bonds. The molecule has 1 rings (SSSR count). The summed E-state index contributed by atoms with van der Waals surface area (Å²) in [4.78, 5) is 11.6. The summed E-state index contributed by atoms with van der Waals surface area (Å²) in [7, 11) is 0. The quantitative estimate of drug-likeness (QED) is 0.802. The second-order valence-electron chi connectivity index (χ2n) is 4.28. The lowest BCUT2D eigenvalue weighted by Gasteiger charge is -2.12. The number of nitrogens with one attached hydrogen (secondary N) is 2. The summed E-state index contributed by atoms with van der Waals surface area (Å²) < 4.78 is 28.7. The number of amides is 1. The second-order valence-corrected chi connectivity index (χ2v) is 4.28. The molecule has 0 aliphatic rings. The Labute approximate surface area is 111 Å². The Balaban J connectivity index is 2.53. The van der Waals surface area contributed by atoms with Crippen LogP contribution in [0.5, 0.6) is 5.75 Å². The maximum Gasteiger partial charge on any atom is 0.387 e. The van der Waals surface area contributed by atoms with Crippen molar-refractivity contribution in [1.29, 1.82) is 0 Å². The first kappa shape index (κ1) is 15.4. The Hall–Kier alpha value is -1.69. The molecule has 0 unspecified atom stereocenters. The van der Waals surface area contributed by atoms with Crippen LogP contribution < -0.4 is 15.4 Å². The van der Waals surface area contributed by atoms with Crippen LogP contribution in [0.2, 0.25) is 0 Å².